The Morgan fingerprint density at radius 1 is 1.38 bits per heavy atom. The molecule has 5 rings (SSSR count). The van der Waals surface area contributed by atoms with Crippen molar-refractivity contribution in [2.24, 2.45) is 0 Å². The van der Waals surface area contributed by atoms with E-state index in [1.165, 1.54) is 0 Å². The number of Topliss-reactive ketones (excluding diaryl/α,β-unsaturated/α-hetero) is 1. The number of nitrogens with zero attached hydrogens (tertiary/aromatic N) is 1. The first-order valence-electron chi connectivity index (χ1n) is 9.04. The lowest BCUT2D eigenvalue weighted by molar-refractivity contribution is -0.188. The van der Waals surface area contributed by atoms with Gasteiger partial charge in [-0.25, -0.2) is 0 Å². The predicted molar refractivity (Wildman–Crippen MR) is 87.4 cm³/mol. The van der Waals surface area contributed by atoms with Crippen LogP contribution >= 0.6 is 0 Å². The average molecular weight is 329 g/mol. The van der Waals surface area contributed by atoms with E-state index in [0.29, 0.717) is 25.0 Å². The van der Waals surface area contributed by atoms with Crippen molar-refractivity contribution in [3.63, 3.8) is 0 Å². The number of phenols is 1. The average Bonchev–Trinajstić information content (AvgIpc) is 2.91. The summed E-state index contributed by atoms with van der Waals surface area (Å²) in [5.41, 5.74) is 0.398. The van der Waals surface area contributed by atoms with Crippen LogP contribution in [0.25, 0.3) is 0 Å². The lowest BCUT2D eigenvalue weighted by atomic mass is 9.49. The molecule has 2 bridgehead atoms. The number of benzene rings is 1. The van der Waals surface area contributed by atoms with Gasteiger partial charge in [-0.1, -0.05) is 13.0 Å². The fourth-order valence-corrected chi connectivity index (χ4v) is 5.97. The summed E-state index contributed by atoms with van der Waals surface area (Å²) in [5, 5.41) is 22.1. The maximum atomic E-state index is 12.6. The number of rotatable bonds is 2. The summed E-state index contributed by atoms with van der Waals surface area (Å²) < 4.78 is 6.00. The van der Waals surface area contributed by atoms with Gasteiger partial charge in [-0.3, -0.25) is 9.69 Å². The highest BCUT2D eigenvalue weighted by atomic mass is 16.5. The number of likely N-dealkylation sites (tertiary alicyclic amines) is 1. The molecule has 2 aliphatic heterocycles. The zero-order chi connectivity index (χ0) is 16.7. The van der Waals surface area contributed by atoms with Crippen molar-refractivity contribution in [3.8, 4) is 11.5 Å². The minimum Gasteiger partial charge on any atom is -0.504 e. The molecular weight excluding hydrogens is 306 g/mol. The van der Waals surface area contributed by atoms with E-state index < -0.39 is 17.1 Å². The van der Waals surface area contributed by atoms with Crippen LogP contribution < -0.4 is 4.74 Å². The molecule has 5 heteroatoms. The van der Waals surface area contributed by atoms with Crippen molar-refractivity contribution in [2.45, 2.75) is 62.2 Å². The molecule has 2 N–H and O–H groups in total. The molecule has 0 radical (unpaired) electrons. The first kappa shape index (κ1) is 14.7. The predicted octanol–water partition coefficient (Wildman–Crippen LogP) is 1.53. The molecule has 2 fully saturated rings. The molecule has 1 aromatic carbocycles. The van der Waals surface area contributed by atoms with Gasteiger partial charge >= 0.3 is 0 Å². The van der Waals surface area contributed by atoms with E-state index >= 15 is 0 Å². The van der Waals surface area contributed by atoms with Crippen LogP contribution in [0.4, 0.5) is 0 Å². The van der Waals surface area contributed by atoms with E-state index in [2.05, 4.69) is 11.8 Å². The molecule has 1 saturated heterocycles. The molecule has 4 atom stereocenters. The van der Waals surface area contributed by atoms with Crippen molar-refractivity contribution in [1.82, 2.24) is 4.90 Å². The molecule has 1 spiro atoms. The number of hydrogen-bond acceptors (Lipinski definition) is 5. The third kappa shape index (κ3) is 1.43. The highest BCUT2D eigenvalue weighted by molar-refractivity contribution is 5.90. The first-order chi connectivity index (χ1) is 11.5. The van der Waals surface area contributed by atoms with Gasteiger partial charge in [0, 0.05) is 18.0 Å². The monoisotopic (exact) mass is 329 g/mol. The maximum absolute atomic E-state index is 12.6. The number of carbonyl (C=O) groups is 1. The van der Waals surface area contributed by atoms with Crippen molar-refractivity contribution < 1.29 is 19.7 Å². The van der Waals surface area contributed by atoms with Crippen molar-refractivity contribution in [1.29, 1.82) is 0 Å². The summed E-state index contributed by atoms with van der Waals surface area (Å²) in [6, 6.07) is 3.63. The zero-order valence-electron chi connectivity index (χ0n) is 13.9. The largest absolute Gasteiger partial charge is 0.504 e. The molecule has 2 aliphatic carbocycles. The normalized spacial score (nSPS) is 39.5. The molecule has 2 heterocycles. The Labute approximate surface area is 141 Å². The number of aliphatic hydroxyl groups is 1. The Morgan fingerprint density at radius 3 is 3.00 bits per heavy atom. The Bertz CT molecular complexity index is 747. The van der Waals surface area contributed by atoms with Gasteiger partial charge in [0.25, 0.3) is 0 Å². The van der Waals surface area contributed by atoms with Crippen LogP contribution in [0.3, 0.4) is 0 Å². The van der Waals surface area contributed by atoms with Gasteiger partial charge in [0.15, 0.2) is 23.4 Å². The first-order valence-corrected chi connectivity index (χ1v) is 9.04. The highest BCUT2D eigenvalue weighted by Gasteiger charge is 2.72. The van der Waals surface area contributed by atoms with Gasteiger partial charge in [-0.2, -0.15) is 0 Å². The molecule has 5 nitrogen and oxygen atoms in total. The summed E-state index contributed by atoms with van der Waals surface area (Å²) in [4.78, 5) is 15.0. The Balaban J connectivity index is 1.78. The highest BCUT2D eigenvalue weighted by Crippen LogP contribution is 2.64. The van der Waals surface area contributed by atoms with Crippen LogP contribution in [0.15, 0.2) is 12.1 Å². The molecule has 0 amide bonds. The van der Waals surface area contributed by atoms with E-state index in [1.807, 2.05) is 6.07 Å². The van der Waals surface area contributed by atoms with Crippen LogP contribution in [-0.2, 0) is 16.6 Å². The molecule has 1 aromatic rings. The Kier molecular flexibility index (Phi) is 2.78. The maximum Gasteiger partial charge on any atom is 0.174 e. The van der Waals surface area contributed by atoms with E-state index in [9.17, 15) is 15.0 Å². The number of piperidine rings is 1. The summed E-state index contributed by atoms with van der Waals surface area (Å²) in [6.45, 7) is 3.98. The number of ketones is 1. The van der Waals surface area contributed by atoms with Gasteiger partial charge in [0.2, 0.25) is 0 Å². The zero-order valence-corrected chi connectivity index (χ0v) is 13.9. The fraction of sp³-hybridized carbons (Fsp3) is 0.632. The summed E-state index contributed by atoms with van der Waals surface area (Å²) in [7, 11) is 0. The van der Waals surface area contributed by atoms with E-state index in [-0.39, 0.29) is 17.6 Å². The van der Waals surface area contributed by atoms with Crippen LogP contribution in [0.1, 0.15) is 43.7 Å². The fourth-order valence-electron chi connectivity index (χ4n) is 5.97. The number of ether oxygens (including phenoxy) is 1. The second kappa shape index (κ2) is 4.52. The molecule has 1 saturated carbocycles. The second-order valence-electron chi connectivity index (χ2n) is 7.81. The van der Waals surface area contributed by atoms with Crippen molar-refractivity contribution in [3.05, 3.63) is 23.3 Å². The Morgan fingerprint density at radius 2 is 2.21 bits per heavy atom. The van der Waals surface area contributed by atoms with E-state index in [4.69, 9.17) is 4.74 Å². The third-order valence-electron chi connectivity index (χ3n) is 6.88. The smallest absolute Gasteiger partial charge is 0.174 e. The lowest BCUT2D eigenvalue weighted by Gasteiger charge is -2.62. The quantitative estimate of drug-likeness (QED) is 0.861. The van der Waals surface area contributed by atoms with Gasteiger partial charge in [-0.15, -0.1) is 0 Å². The third-order valence-corrected chi connectivity index (χ3v) is 6.88. The number of aromatic hydroxyl groups is 1. The minimum atomic E-state index is -0.953. The van der Waals surface area contributed by atoms with Gasteiger partial charge < -0.3 is 14.9 Å². The van der Waals surface area contributed by atoms with E-state index in [0.717, 1.165) is 37.1 Å². The molecule has 128 valence electrons. The number of carbonyl (C=O) groups excluding carboxylic acids is 1. The van der Waals surface area contributed by atoms with Crippen molar-refractivity contribution in [2.75, 3.05) is 13.1 Å². The van der Waals surface area contributed by atoms with Crippen LogP contribution in [0.2, 0.25) is 0 Å². The molecule has 4 aliphatic rings. The molecule has 1 unspecified atom stereocenters. The van der Waals surface area contributed by atoms with Gasteiger partial charge in [-0.05, 0) is 50.4 Å². The summed E-state index contributed by atoms with van der Waals surface area (Å²) in [6.07, 6.45) is 2.70. The van der Waals surface area contributed by atoms with Crippen LogP contribution in [0, 0.1) is 0 Å². The minimum absolute atomic E-state index is 0.0217. The molecule has 24 heavy (non-hydrogen) atoms. The van der Waals surface area contributed by atoms with Gasteiger partial charge in [0.05, 0.1) is 11.0 Å². The second-order valence-corrected chi connectivity index (χ2v) is 7.81. The number of phenolic OH excluding ortho intramolecular Hbond substituents is 1. The standard InChI is InChI=1S/C19H23NO4/c1-2-8-20-9-7-18-15-11-3-4-12(21)16(15)24-17(18)13(22)5-6-19(18,23)14(20)10-11/h3-4,14,17,21,23H,2,5-10H2,1H3/t14?,17-,18-,19+/m0/s1. The summed E-state index contributed by atoms with van der Waals surface area (Å²) in [5.74, 6) is 0.585. The lowest BCUT2D eigenvalue weighted by Crippen LogP contribution is -2.76. The Hall–Kier alpha value is -1.59. The molecular formula is C19H23NO4. The SMILES string of the molecule is CCCN1CC[C@]23c4c5ccc(O)c4O[C@H]2C(=O)CC[C@@]3(O)C1C5. The topological polar surface area (TPSA) is 70.0 Å². The van der Waals surface area contributed by atoms with Crippen LogP contribution in [-0.4, -0.2) is 51.7 Å². The summed E-state index contributed by atoms with van der Waals surface area (Å²) >= 11 is 0. The van der Waals surface area contributed by atoms with Crippen molar-refractivity contribution >= 4 is 5.78 Å². The van der Waals surface area contributed by atoms with E-state index in [1.54, 1.807) is 6.07 Å². The van der Waals surface area contributed by atoms with Gasteiger partial charge in [0.1, 0.15) is 0 Å². The molecule has 0 aromatic heterocycles. The van der Waals surface area contributed by atoms with Crippen LogP contribution in [0.5, 0.6) is 11.5 Å². The number of hydrogen-bond donors (Lipinski definition) is 2.